The molecular formula is C17H13ClN4O3. The lowest BCUT2D eigenvalue weighted by Gasteiger charge is -1.99. The fraction of sp³-hybridized carbons (Fsp3) is 0.0588. The Morgan fingerprint density at radius 1 is 1.16 bits per heavy atom. The lowest BCUT2D eigenvalue weighted by atomic mass is 10.2. The SMILES string of the molecule is Cc1[nH]n(-c2ccccc2)c(=O)c1N=Nc1ccc(Cl)c(C(=O)O)c1. The Morgan fingerprint density at radius 3 is 2.56 bits per heavy atom. The van der Waals surface area contributed by atoms with Gasteiger partial charge in [0.2, 0.25) is 0 Å². The quantitative estimate of drug-likeness (QED) is 0.683. The first-order valence-corrected chi connectivity index (χ1v) is 7.67. The second-order valence-corrected chi connectivity index (χ2v) is 5.64. The second-order valence-electron chi connectivity index (χ2n) is 5.23. The Morgan fingerprint density at radius 2 is 1.88 bits per heavy atom. The largest absolute Gasteiger partial charge is 0.478 e. The molecule has 25 heavy (non-hydrogen) atoms. The molecule has 0 fully saturated rings. The highest BCUT2D eigenvalue weighted by atomic mass is 35.5. The van der Waals surface area contributed by atoms with Crippen LogP contribution in [-0.2, 0) is 0 Å². The van der Waals surface area contributed by atoms with Gasteiger partial charge in [0, 0.05) is 0 Å². The molecule has 0 aliphatic rings. The molecule has 126 valence electrons. The van der Waals surface area contributed by atoms with Crippen LogP contribution in [0.1, 0.15) is 16.1 Å². The number of azo groups is 1. The van der Waals surface area contributed by atoms with Gasteiger partial charge in [0.05, 0.1) is 27.7 Å². The molecule has 0 bridgehead atoms. The van der Waals surface area contributed by atoms with Crippen molar-refractivity contribution in [2.24, 2.45) is 10.2 Å². The van der Waals surface area contributed by atoms with E-state index in [1.807, 2.05) is 18.2 Å². The number of H-pyrrole nitrogens is 1. The van der Waals surface area contributed by atoms with Crippen LogP contribution in [0.4, 0.5) is 11.4 Å². The van der Waals surface area contributed by atoms with E-state index in [9.17, 15) is 9.59 Å². The van der Waals surface area contributed by atoms with Gasteiger partial charge in [-0.2, -0.15) is 5.11 Å². The highest BCUT2D eigenvalue weighted by molar-refractivity contribution is 6.33. The van der Waals surface area contributed by atoms with Gasteiger partial charge in [0.25, 0.3) is 5.56 Å². The van der Waals surface area contributed by atoms with E-state index < -0.39 is 5.97 Å². The van der Waals surface area contributed by atoms with Crippen molar-refractivity contribution in [1.29, 1.82) is 0 Å². The van der Waals surface area contributed by atoms with Crippen LogP contribution in [0.25, 0.3) is 5.69 Å². The number of aryl methyl sites for hydroxylation is 1. The number of carboxylic acid groups (broad SMARTS) is 1. The maximum atomic E-state index is 12.5. The minimum absolute atomic E-state index is 0.0781. The molecule has 3 aromatic rings. The summed E-state index contributed by atoms with van der Waals surface area (Å²) in [5, 5.41) is 20.1. The summed E-state index contributed by atoms with van der Waals surface area (Å²) in [5.74, 6) is -1.16. The number of para-hydroxylation sites is 1. The molecule has 7 nitrogen and oxygen atoms in total. The number of aromatic carboxylic acids is 1. The van der Waals surface area contributed by atoms with Crippen molar-refractivity contribution in [3.8, 4) is 5.69 Å². The smallest absolute Gasteiger partial charge is 0.337 e. The van der Waals surface area contributed by atoms with Crippen LogP contribution in [0.3, 0.4) is 0 Å². The summed E-state index contributed by atoms with van der Waals surface area (Å²) >= 11 is 5.82. The van der Waals surface area contributed by atoms with E-state index in [4.69, 9.17) is 16.7 Å². The summed E-state index contributed by atoms with van der Waals surface area (Å²) in [6.07, 6.45) is 0. The van der Waals surface area contributed by atoms with Crippen molar-refractivity contribution < 1.29 is 9.90 Å². The third-order valence-corrected chi connectivity index (χ3v) is 3.83. The van der Waals surface area contributed by atoms with Gasteiger partial charge in [-0.3, -0.25) is 9.89 Å². The van der Waals surface area contributed by atoms with Crippen LogP contribution in [0, 0.1) is 6.92 Å². The molecule has 1 aromatic heterocycles. The monoisotopic (exact) mass is 356 g/mol. The standard InChI is InChI=1S/C17H13ClN4O3/c1-10-15(16(23)22(21-10)12-5-3-2-4-6-12)20-19-11-7-8-14(18)13(9-11)17(24)25/h2-9,21H,1H3,(H,24,25). The number of benzene rings is 2. The third kappa shape index (κ3) is 3.36. The Balaban J connectivity index is 1.98. The fourth-order valence-corrected chi connectivity index (χ4v) is 2.46. The summed E-state index contributed by atoms with van der Waals surface area (Å²) in [6, 6.07) is 13.3. The molecule has 3 rings (SSSR count). The average Bonchev–Trinajstić information content (AvgIpc) is 2.89. The molecule has 8 heteroatoms. The van der Waals surface area contributed by atoms with E-state index in [1.165, 1.54) is 22.9 Å². The number of aromatic nitrogens is 2. The van der Waals surface area contributed by atoms with Gasteiger partial charge >= 0.3 is 5.97 Å². The molecule has 0 amide bonds. The van der Waals surface area contributed by atoms with E-state index in [2.05, 4.69) is 15.3 Å². The van der Waals surface area contributed by atoms with Crippen LogP contribution >= 0.6 is 11.6 Å². The van der Waals surface area contributed by atoms with Gasteiger partial charge < -0.3 is 5.11 Å². The van der Waals surface area contributed by atoms with Gasteiger partial charge in [-0.05, 0) is 37.3 Å². The normalized spacial score (nSPS) is 11.1. The molecule has 0 saturated carbocycles. The average molecular weight is 357 g/mol. The maximum Gasteiger partial charge on any atom is 0.337 e. The summed E-state index contributed by atoms with van der Waals surface area (Å²) in [7, 11) is 0. The Kier molecular flexibility index (Phi) is 4.49. The van der Waals surface area contributed by atoms with Crippen molar-refractivity contribution in [2.45, 2.75) is 6.92 Å². The Bertz CT molecular complexity index is 1020. The third-order valence-electron chi connectivity index (χ3n) is 3.50. The molecule has 0 aliphatic carbocycles. The molecular weight excluding hydrogens is 344 g/mol. The minimum atomic E-state index is -1.16. The van der Waals surface area contributed by atoms with Gasteiger partial charge in [0.1, 0.15) is 0 Å². The fourth-order valence-electron chi connectivity index (χ4n) is 2.26. The molecule has 0 atom stereocenters. The first kappa shape index (κ1) is 16.7. The van der Waals surface area contributed by atoms with E-state index in [0.717, 1.165) is 0 Å². The molecule has 0 aliphatic heterocycles. The summed E-state index contributed by atoms with van der Waals surface area (Å²) in [4.78, 5) is 23.6. The molecule has 0 radical (unpaired) electrons. The van der Waals surface area contributed by atoms with Crippen molar-refractivity contribution >= 4 is 28.9 Å². The number of carbonyl (C=O) groups is 1. The minimum Gasteiger partial charge on any atom is -0.478 e. The first-order chi connectivity index (χ1) is 12.0. The Hall–Kier alpha value is -3.19. The number of nitrogens with zero attached hydrogens (tertiary/aromatic N) is 3. The highest BCUT2D eigenvalue weighted by Crippen LogP contribution is 2.24. The highest BCUT2D eigenvalue weighted by Gasteiger charge is 2.13. The number of carboxylic acids is 1. The van der Waals surface area contributed by atoms with Gasteiger partial charge in [-0.25, -0.2) is 9.48 Å². The van der Waals surface area contributed by atoms with Gasteiger partial charge in [-0.1, -0.05) is 29.8 Å². The summed E-state index contributed by atoms with van der Waals surface area (Å²) in [5.41, 5.74) is 1.23. The molecule has 2 N–H and O–H groups in total. The maximum absolute atomic E-state index is 12.5. The predicted molar refractivity (Wildman–Crippen MR) is 93.7 cm³/mol. The lowest BCUT2D eigenvalue weighted by molar-refractivity contribution is 0.0697. The van der Waals surface area contributed by atoms with Crippen LogP contribution < -0.4 is 5.56 Å². The number of hydrogen-bond donors (Lipinski definition) is 2. The summed E-state index contributed by atoms with van der Waals surface area (Å²) in [6.45, 7) is 1.71. The van der Waals surface area contributed by atoms with E-state index in [-0.39, 0.29) is 27.5 Å². The lowest BCUT2D eigenvalue weighted by Crippen LogP contribution is -2.13. The van der Waals surface area contributed by atoms with Crippen LogP contribution in [0.15, 0.2) is 63.6 Å². The molecule has 1 heterocycles. The zero-order chi connectivity index (χ0) is 18.0. The number of aromatic amines is 1. The van der Waals surface area contributed by atoms with Crippen molar-refractivity contribution in [1.82, 2.24) is 9.78 Å². The van der Waals surface area contributed by atoms with Crippen LogP contribution in [0.5, 0.6) is 0 Å². The Labute approximate surface area is 147 Å². The van der Waals surface area contributed by atoms with Crippen molar-refractivity contribution in [3.63, 3.8) is 0 Å². The van der Waals surface area contributed by atoms with Crippen molar-refractivity contribution in [3.05, 3.63) is 75.2 Å². The zero-order valence-corrected chi connectivity index (χ0v) is 13.9. The first-order valence-electron chi connectivity index (χ1n) is 7.29. The number of nitrogens with one attached hydrogen (secondary N) is 1. The van der Waals surface area contributed by atoms with Crippen LogP contribution in [-0.4, -0.2) is 20.9 Å². The topological polar surface area (TPSA) is 99.8 Å². The van der Waals surface area contributed by atoms with Gasteiger partial charge in [0.15, 0.2) is 5.69 Å². The van der Waals surface area contributed by atoms with Crippen LogP contribution in [0.2, 0.25) is 5.02 Å². The molecule has 2 aromatic carbocycles. The van der Waals surface area contributed by atoms with Crippen molar-refractivity contribution in [2.75, 3.05) is 0 Å². The molecule has 0 saturated heterocycles. The molecule has 0 unspecified atom stereocenters. The van der Waals surface area contributed by atoms with E-state index in [0.29, 0.717) is 11.4 Å². The zero-order valence-electron chi connectivity index (χ0n) is 13.1. The molecule has 0 spiro atoms. The van der Waals surface area contributed by atoms with E-state index >= 15 is 0 Å². The number of rotatable bonds is 4. The number of hydrogen-bond acceptors (Lipinski definition) is 4. The van der Waals surface area contributed by atoms with Gasteiger partial charge in [-0.15, -0.1) is 5.11 Å². The second kappa shape index (κ2) is 6.74. The number of halogens is 1. The van der Waals surface area contributed by atoms with E-state index in [1.54, 1.807) is 19.1 Å². The predicted octanol–water partition coefficient (Wildman–Crippen LogP) is 4.24. The summed E-state index contributed by atoms with van der Waals surface area (Å²) < 4.78 is 1.37.